The molecule has 0 aromatic carbocycles. The summed E-state index contributed by atoms with van der Waals surface area (Å²) in [6, 6.07) is 0. The van der Waals surface area contributed by atoms with Crippen LogP contribution in [-0.2, 0) is 19.5 Å². The summed E-state index contributed by atoms with van der Waals surface area (Å²) in [7, 11) is 0. The van der Waals surface area contributed by atoms with E-state index in [0.29, 0.717) is 0 Å². The average Bonchev–Trinajstić information content (AvgIpc) is 3.18. The highest BCUT2D eigenvalue weighted by Gasteiger charge is 2.16. The number of unbranched alkanes of at least 4 members (excludes halogenated alkanes) is 18. The molecular formula is C30H59N2+. The van der Waals surface area contributed by atoms with Crippen molar-refractivity contribution in [3.63, 3.8) is 0 Å². The topological polar surface area (TPSA) is 8.81 Å². The van der Waals surface area contributed by atoms with E-state index >= 15 is 0 Å². The first-order valence-corrected chi connectivity index (χ1v) is 14.9. The van der Waals surface area contributed by atoms with E-state index in [-0.39, 0.29) is 0 Å². The van der Waals surface area contributed by atoms with Gasteiger partial charge >= 0.3 is 0 Å². The molecule has 1 rings (SSSR count). The van der Waals surface area contributed by atoms with Crippen LogP contribution in [0.3, 0.4) is 0 Å². The van der Waals surface area contributed by atoms with Gasteiger partial charge in [0.05, 0.1) is 13.1 Å². The minimum Gasteiger partial charge on any atom is -0.234 e. The van der Waals surface area contributed by atoms with Gasteiger partial charge in [0.2, 0.25) is 0 Å². The summed E-state index contributed by atoms with van der Waals surface area (Å²) in [5.74, 6) is 1.60. The molecule has 0 aliphatic heterocycles. The maximum Gasteiger partial charge on any atom is 0.256 e. The van der Waals surface area contributed by atoms with Crippen molar-refractivity contribution in [3.8, 4) is 0 Å². The van der Waals surface area contributed by atoms with Gasteiger partial charge in [-0.25, -0.2) is 9.13 Å². The van der Waals surface area contributed by atoms with E-state index in [0.717, 1.165) is 0 Å². The molecule has 0 fully saturated rings. The molecule has 0 radical (unpaired) electrons. The van der Waals surface area contributed by atoms with Crippen LogP contribution in [0.4, 0.5) is 0 Å². The zero-order valence-electron chi connectivity index (χ0n) is 22.5. The first-order chi connectivity index (χ1) is 15.8. The van der Waals surface area contributed by atoms with Gasteiger partial charge in [0.25, 0.3) is 5.82 Å². The van der Waals surface area contributed by atoms with Crippen molar-refractivity contribution in [2.75, 3.05) is 0 Å². The monoisotopic (exact) mass is 447 g/mol. The first-order valence-electron chi connectivity index (χ1n) is 14.9. The second-order valence-electron chi connectivity index (χ2n) is 10.2. The van der Waals surface area contributed by atoms with Crippen molar-refractivity contribution < 1.29 is 4.57 Å². The van der Waals surface area contributed by atoms with Crippen LogP contribution in [0.2, 0.25) is 0 Å². The predicted octanol–water partition coefficient (Wildman–Crippen LogP) is 9.57. The molecule has 0 unspecified atom stereocenters. The summed E-state index contributed by atoms with van der Waals surface area (Å²) >= 11 is 0. The minimum atomic E-state index is 1.21. The van der Waals surface area contributed by atoms with Gasteiger partial charge in [0, 0.05) is 6.42 Å². The Balaban J connectivity index is 2.27. The molecule has 0 amide bonds. The van der Waals surface area contributed by atoms with Gasteiger partial charge in [0.1, 0.15) is 12.4 Å². The Morgan fingerprint density at radius 3 is 1.50 bits per heavy atom. The lowest BCUT2D eigenvalue weighted by Gasteiger charge is -2.07. The first kappa shape index (κ1) is 29.2. The molecule has 0 aliphatic carbocycles. The molecule has 0 spiro atoms. The average molecular weight is 448 g/mol. The number of aryl methyl sites for hydroxylation is 2. The van der Waals surface area contributed by atoms with Crippen molar-refractivity contribution >= 4 is 0 Å². The van der Waals surface area contributed by atoms with E-state index in [2.05, 4.69) is 42.3 Å². The molecule has 0 aliphatic rings. The van der Waals surface area contributed by atoms with Crippen LogP contribution >= 0.6 is 0 Å². The van der Waals surface area contributed by atoms with Crippen molar-refractivity contribution in [1.29, 1.82) is 0 Å². The quantitative estimate of drug-likeness (QED) is 0.110. The molecule has 1 aromatic heterocycles. The zero-order valence-corrected chi connectivity index (χ0v) is 22.5. The molecule has 2 heteroatoms. The fourth-order valence-electron chi connectivity index (χ4n) is 4.91. The lowest BCUT2D eigenvalue weighted by atomic mass is 10.1. The third-order valence-electron chi connectivity index (χ3n) is 7.10. The third kappa shape index (κ3) is 15.1. The number of nitrogens with zero attached hydrogens (tertiary/aromatic N) is 2. The Hall–Kier alpha value is -0.790. The lowest BCUT2D eigenvalue weighted by Crippen LogP contribution is -2.37. The predicted molar refractivity (Wildman–Crippen MR) is 142 cm³/mol. The standard InChI is InChI=1S/C30H59N2/c1-4-7-10-12-14-15-16-17-18-20-22-25-30-31(26-23-9-6-3)28-29-32(30)27-24-21-19-13-11-8-5-2/h28-29H,4-27H2,1-3H3/q+1. The highest BCUT2D eigenvalue weighted by Crippen LogP contribution is 2.13. The molecule has 188 valence electrons. The Morgan fingerprint density at radius 2 is 0.969 bits per heavy atom. The van der Waals surface area contributed by atoms with Gasteiger partial charge in [-0.05, 0) is 32.1 Å². The molecule has 32 heavy (non-hydrogen) atoms. The van der Waals surface area contributed by atoms with Gasteiger partial charge in [-0.2, -0.15) is 0 Å². The molecule has 0 bridgehead atoms. The van der Waals surface area contributed by atoms with Crippen LogP contribution in [0.1, 0.15) is 161 Å². The van der Waals surface area contributed by atoms with Gasteiger partial charge in [-0.15, -0.1) is 0 Å². The Kier molecular flexibility index (Phi) is 20.1. The van der Waals surface area contributed by atoms with E-state index < -0.39 is 0 Å². The van der Waals surface area contributed by atoms with E-state index in [1.807, 2.05) is 0 Å². The molecule has 0 saturated carbocycles. The Labute approximate surface area is 202 Å². The second kappa shape index (κ2) is 22.0. The number of imidazole rings is 1. The maximum atomic E-state index is 2.59. The van der Waals surface area contributed by atoms with Crippen molar-refractivity contribution in [2.45, 2.75) is 175 Å². The van der Waals surface area contributed by atoms with E-state index in [1.54, 1.807) is 5.82 Å². The highest BCUT2D eigenvalue weighted by atomic mass is 15.1. The van der Waals surface area contributed by atoms with E-state index in [4.69, 9.17) is 0 Å². The van der Waals surface area contributed by atoms with Crippen LogP contribution in [0.25, 0.3) is 0 Å². The summed E-state index contributed by atoms with van der Waals surface area (Å²) < 4.78 is 5.17. The molecular weight excluding hydrogens is 388 g/mol. The van der Waals surface area contributed by atoms with Gasteiger partial charge in [-0.3, -0.25) is 0 Å². The Bertz CT molecular complexity index is 505. The van der Waals surface area contributed by atoms with E-state index in [9.17, 15) is 0 Å². The third-order valence-corrected chi connectivity index (χ3v) is 7.10. The maximum absolute atomic E-state index is 2.59. The van der Waals surface area contributed by atoms with Gasteiger partial charge in [-0.1, -0.05) is 124 Å². The van der Waals surface area contributed by atoms with Crippen molar-refractivity contribution in [3.05, 3.63) is 18.2 Å². The number of aromatic nitrogens is 2. The summed E-state index contributed by atoms with van der Waals surface area (Å²) in [5.41, 5.74) is 0. The van der Waals surface area contributed by atoms with Crippen LogP contribution in [-0.4, -0.2) is 4.57 Å². The summed E-state index contributed by atoms with van der Waals surface area (Å²) in [6.07, 6.45) is 35.5. The Morgan fingerprint density at radius 1 is 0.531 bits per heavy atom. The number of hydrogen-bond acceptors (Lipinski definition) is 0. The molecule has 0 N–H and O–H groups in total. The minimum absolute atomic E-state index is 1.21. The lowest BCUT2D eigenvalue weighted by molar-refractivity contribution is -0.704. The fraction of sp³-hybridized carbons (Fsp3) is 0.900. The van der Waals surface area contributed by atoms with Gasteiger partial charge in [0.15, 0.2) is 0 Å². The summed E-state index contributed by atoms with van der Waals surface area (Å²) in [5, 5.41) is 0. The van der Waals surface area contributed by atoms with Crippen LogP contribution < -0.4 is 4.57 Å². The smallest absolute Gasteiger partial charge is 0.234 e. The van der Waals surface area contributed by atoms with Gasteiger partial charge < -0.3 is 0 Å². The van der Waals surface area contributed by atoms with Crippen LogP contribution in [0.15, 0.2) is 12.4 Å². The molecule has 1 heterocycles. The molecule has 1 aromatic rings. The normalized spacial score (nSPS) is 11.5. The van der Waals surface area contributed by atoms with Crippen molar-refractivity contribution in [2.24, 2.45) is 0 Å². The largest absolute Gasteiger partial charge is 0.256 e. The van der Waals surface area contributed by atoms with Crippen molar-refractivity contribution in [1.82, 2.24) is 4.57 Å². The summed E-state index contributed by atoms with van der Waals surface area (Å²) in [6.45, 7) is 9.35. The zero-order chi connectivity index (χ0) is 23.1. The number of hydrogen-bond donors (Lipinski definition) is 0. The van der Waals surface area contributed by atoms with E-state index in [1.165, 1.54) is 154 Å². The highest BCUT2D eigenvalue weighted by molar-refractivity contribution is 4.84. The molecule has 0 saturated heterocycles. The second-order valence-corrected chi connectivity index (χ2v) is 10.2. The molecule has 2 nitrogen and oxygen atoms in total. The fourth-order valence-corrected chi connectivity index (χ4v) is 4.91. The van der Waals surface area contributed by atoms with Crippen LogP contribution in [0, 0.1) is 0 Å². The van der Waals surface area contributed by atoms with Crippen LogP contribution in [0.5, 0.6) is 0 Å². The SMILES string of the molecule is CCCCCCCCCCCCCc1n(CCCCCCCCC)cc[n+]1CCCCC. The summed E-state index contributed by atoms with van der Waals surface area (Å²) in [4.78, 5) is 0. The number of rotatable bonds is 24. The molecule has 0 atom stereocenters.